The van der Waals surface area contributed by atoms with E-state index in [-0.39, 0.29) is 18.0 Å². The van der Waals surface area contributed by atoms with Crippen LogP contribution in [0.25, 0.3) is 0 Å². The van der Waals surface area contributed by atoms with E-state index in [1.807, 2.05) is 13.8 Å². The quantitative estimate of drug-likeness (QED) is 0.536. The molecule has 0 radical (unpaired) electrons. The van der Waals surface area contributed by atoms with Gasteiger partial charge in [-0.25, -0.2) is 0 Å². The molecule has 0 saturated carbocycles. The highest BCUT2D eigenvalue weighted by Crippen LogP contribution is 2.13. The highest BCUT2D eigenvalue weighted by atomic mass is 16.5. The third kappa shape index (κ3) is 9.91. The Morgan fingerprint density at radius 3 is 2.42 bits per heavy atom. The van der Waals surface area contributed by atoms with Crippen LogP contribution in [-0.4, -0.2) is 31.2 Å². The van der Waals surface area contributed by atoms with Crippen LogP contribution < -0.4 is 11.1 Å². The number of amides is 1. The summed E-state index contributed by atoms with van der Waals surface area (Å²) in [6, 6.07) is -0.0267. The number of carbonyl (C=O) groups excluding carboxylic acids is 1. The van der Waals surface area contributed by atoms with E-state index in [1.54, 1.807) is 0 Å². The molecule has 2 unspecified atom stereocenters. The zero-order valence-electron chi connectivity index (χ0n) is 13.1. The number of hydrogen-bond donors (Lipinski definition) is 2. The fourth-order valence-electron chi connectivity index (χ4n) is 2.06. The Morgan fingerprint density at radius 1 is 1.26 bits per heavy atom. The van der Waals surface area contributed by atoms with Crippen molar-refractivity contribution in [1.29, 1.82) is 0 Å². The van der Waals surface area contributed by atoms with Crippen molar-refractivity contribution in [3.63, 3.8) is 0 Å². The maximum Gasteiger partial charge on any atom is 0.234 e. The third-order valence-corrected chi connectivity index (χ3v) is 3.33. The van der Waals surface area contributed by atoms with Gasteiger partial charge in [0.25, 0.3) is 0 Å². The van der Waals surface area contributed by atoms with Gasteiger partial charge in [0.2, 0.25) is 5.91 Å². The van der Waals surface area contributed by atoms with E-state index in [1.165, 1.54) is 19.3 Å². The number of primary amides is 1. The maximum atomic E-state index is 11.3. The highest BCUT2D eigenvalue weighted by molar-refractivity contribution is 5.79. The van der Waals surface area contributed by atoms with E-state index in [4.69, 9.17) is 10.5 Å². The first kappa shape index (κ1) is 18.4. The summed E-state index contributed by atoms with van der Waals surface area (Å²) in [5.41, 5.74) is 5.36. The Hall–Kier alpha value is -0.610. The van der Waals surface area contributed by atoms with E-state index in [2.05, 4.69) is 19.2 Å². The number of unbranched alkanes of at least 4 members (excludes halogenated alkanes) is 1. The molecule has 0 aromatic rings. The van der Waals surface area contributed by atoms with Gasteiger partial charge in [0.15, 0.2) is 0 Å². The summed E-state index contributed by atoms with van der Waals surface area (Å²) in [6.07, 6.45) is 5.54. The molecule has 0 heterocycles. The minimum Gasteiger partial charge on any atom is -0.381 e. The summed E-state index contributed by atoms with van der Waals surface area (Å²) in [5, 5.41) is 3.16. The summed E-state index contributed by atoms with van der Waals surface area (Å²) in [4.78, 5) is 11.3. The average molecular weight is 272 g/mol. The molecule has 0 fully saturated rings. The van der Waals surface area contributed by atoms with Gasteiger partial charge in [0, 0.05) is 19.3 Å². The summed E-state index contributed by atoms with van der Waals surface area (Å²) >= 11 is 0. The molecule has 4 heteroatoms. The normalized spacial score (nSPS) is 14.6. The van der Waals surface area contributed by atoms with Crippen molar-refractivity contribution < 1.29 is 9.53 Å². The first-order valence-corrected chi connectivity index (χ1v) is 7.64. The second kappa shape index (κ2) is 11.2. The number of nitrogens with one attached hydrogen (secondary N) is 1. The molecule has 0 aliphatic rings. The van der Waals surface area contributed by atoms with Crippen LogP contribution in [0.2, 0.25) is 0 Å². The van der Waals surface area contributed by atoms with E-state index >= 15 is 0 Å². The van der Waals surface area contributed by atoms with Crippen molar-refractivity contribution in [3.8, 4) is 0 Å². The fraction of sp³-hybridized carbons (Fsp3) is 0.933. The number of nitrogens with two attached hydrogens (primary N) is 1. The molecule has 0 saturated heterocycles. The van der Waals surface area contributed by atoms with Crippen LogP contribution in [-0.2, 0) is 9.53 Å². The average Bonchev–Trinajstić information content (AvgIpc) is 2.35. The number of carbonyl (C=O) groups is 1. The van der Waals surface area contributed by atoms with Gasteiger partial charge < -0.3 is 15.8 Å². The first-order chi connectivity index (χ1) is 9.01. The minimum absolute atomic E-state index is 0.255. The molecule has 0 aliphatic heterocycles. The van der Waals surface area contributed by atoms with E-state index in [0.29, 0.717) is 18.9 Å². The predicted octanol–water partition coefficient (Wildman–Crippen LogP) is 2.46. The largest absolute Gasteiger partial charge is 0.381 e. The smallest absolute Gasteiger partial charge is 0.234 e. The van der Waals surface area contributed by atoms with Crippen molar-refractivity contribution >= 4 is 5.91 Å². The van der Waals surface area contributed by atoms with E-state index < -0.39 is 0 Å². The van der Waals surface area contributed by atoms with Crippen molar-refractivity contribution in [2.24, 2.45) is 11.7 Å². The predicted molar refractivity (Wildman–Crippen MR) is 80.0 cm³/mol. The molecule has 19 heavy (non-hydrogen) atoms. The summed E-state index contributed by atoms with van der Waals surface area (Å²) < 4.78 is 5.70. The van der Waals surface area contributed by atoms with Gasteiger partial charge in [-0.15, -0.1) is 0 Å². The van der Waals surface area contributed by atoms with Gasteiger partial charge in [-0.1, -0.05) is 47.0 Å². The monoisotopic (exact) mass is 272 g/mol. The molecular weight excluding hydrogens is 240 g/mol. The van der Waals surface area contributed by atoms with Gasteiger partial charge in [-0.3, -0.25) is 4.79 Å². The molecule has 4 nitrogen and oxygen atoms in total. The van der Waals surface area contributed by atoms with Gasteiger partial charge in [-0.05, 0) is 18.8 Å². The van der Waals surface area contributed by atoms with E-state index in [9.17, 15) is 4.79 Å². The minimum atomic E-state index is -0.296. The zero-order valence-corrected chi connectivity index (χ0v) is 13.1. The van der Waals surface area contributed by atoms with Crippen LogP contribution in [0.4, 0.5) is 0 Å². The topological polar surface area (TPSA) is 64.3 Å². The molecule has 114 valence electrons. The highest BCUT2D eigenvalue weighted by Gasteiger charge is 2.16. The maximum absolute atomic E-state index is 11.3. The molecule has 0 bridgehead atoms. The van der Waals surface area contributed by atoms with E-state index in [0.717, 1.165) is 13.0 Å². The molecule has 3 N–H and O–H groups in total. The third-order valence-electron chi connectivity index (χ3n) is 3.33. The van der Waals surface area contributed by atoms with Crippen LogP contribution in [0.1, 0.15) is 59.8 Å². The van der Waals surface area contributed by atoms with Gasteiger partial charge >= 0.3 is 0 Å². The van der Waals surface area contributed by atoms with Crippen molar-refractivity contribution in [1.82, 2.24) is 5.32 Å². The lowest BCUT2D eigenvalue weighted by Crippen LogP contribution is -2.45. The fourth-order valence-corrected chi connectivity index (χ4v) is 2.06. The Kier molecular flexibility index (Phi) is 10.9. The lowest BCUT2D eigenvalue weighted by molar-refractivity contribution is -0.120. The second-order valence-electron chi connectivity index (χ2n) is 5.56. The number of rotatable bonds is 12. The zero-order chi connectivity index (χ0) is 14.7. The van der Waals surface area contributed by atoms with Crippen LogP contribution in [0.5, 0.6) is 0 Å². The van der Waals surface area contributed by atoms with Crippen LogP contribution in [0.3, 0.4) is 0 Å². The van der Waals surface area contributed by atoms with Crippen molar-refractivity contribution in [3.05, 3.63) is 0 Å². The molecular formula is C15H32N2O2. The molecule has 0 aliphatic carbocycles. The molecule has 2 atom stereocenters. The second-order valence-corrected chi connectivity index (χ2v) is 5.56. The molecule has 0 aromatic heterocycles. The number of hydrogen-bond acceptors (Lipinski definition) is 3. The number of ether oxygens (including phenoxy) is 1. The Morgan fingerprint density at radius 2 is 1.95 bits per heavy atom. The standard InChI is InChI=1S/C15H32N2O2/c1-5-7-8-13(6-2)11-19-10-9-14(15(16)18)17-12(3)4/h12-14,17H,5-11H2,1-4H3,(H2,16,18). The lowest BCUT2D eigenvalue weighted by Gasteiger charge is -2.19. The van der Waals surface area contributed by atoms with Gasteiger partial charge in [0.05, 0.1) is 6.04 Å². The summed E-state index contributed by atoms with van der Waals surface area (Å²) in [5.74, 6) is 0.348. The van der Waals surface area contributed by atoms with Crippen molar-refractivity contribution in [2.75, 3.05) is 13.2 Å². The molecule has 1 amide bonds. The summed E-state index contributed by atoms with van der Waals surface area (Å²) in [6.45, 7) is 9.82. The lowest BCUT2D eigenvalue weighted by atomic mass is 10.0. The van der Waals surface area contributed by atoms with Gasteiger partial charge in [-0.2, -0.15) is 0 Å². The van der Waals surface area contributed by atoms with Crippen LogP contribution in [0.15, 0.2) is 0 Å². The molecule has 0 spiro atoms. The SMILES string of the molecule is CCCCC(CC)COCCC(NC(C)C)C(N)=O. The van der Waals surface area contributed by atoms with Crippen LogP contribution in [0, 0.1) is 5.92 Å². The Labute approximate surface area is 118 Å². The summed E-state index contributed by atoms with van der Waals surface area (Å²) in [7, 11) is 0. The van der Waals surface area contributed by atoms with Crippen LogP contribution >= 0.6 is 0 Å². The molecule has 0 aromatic carbocycles. The Balaban J connectivity index is 3.82. The molecule has 0 rings (SSSR count). The Bertz CT molecular complexity index is 232. The van der Waals surface area contributed by atoms with Crippen molar-refractivity contribution in [2.45, 2.75) is 71.9 Å². The first-order valence-electron chi connectivity index (χ1n) is 7.64. The van der Waals surface area contributed by atoms with Gasteiger partial charge in [0.1, 0.15) is 0 Å².